The number of rotatable bonds is 6. The lowest BCUT2D eigenvalue weighted by Crippen LogP contribution is -2.24. The van der Waals surface area contributed by atoms with Crippen LogP contribution in [0.15, 0.2) is 22.6 Å². The lowest BCUT2D eigenvalue weighted by Gasteiger charge is -2.15. The summed E-state index contributed by atoms with van der Waals surface area (Å²) < 4.78 is 10.8. The number of anilines is 2. The minimum Gasteiger partial charge on any atom is -0.423 e. The fourth-order valence-corrected chi connectivity index (χ4v) is 1.95. The van der Waals surface area contributed by atoms with Gasteiger partial charge in [-0.25, -0.2) is 0 Å². The van der Waals surface area contributed by atoms with Crippen molar-refractivity contribution in [2.24, 2.45) is 0 Å². The van der Waals surface area contributed by atoms with E-state index in [4.69, 9.17) is 14.9 Å². The number of nitrogens with two attached hydrogens (primary N) is 1. The van der Waals surface area contributed by atoms with Gasteiger partial charge in [-0.3, -0.25) is 0 Å². The summed E-state index contributed by atoms with van der Waals surface area (Å²) in [5, 5.41) is 3.24. The monoisotopic (exact) mass is 249 g/mol. The first-order valence-corrected chi connectivity index (χ1v) is 6.15. The second-order valence-electron chi connectivity index (χ2n) is 4.30. The van der Waals surface area contributed by atoms with Crippen LogP contribution in [-0.2, 0) is 4.74 Å². The first kappa shape index (κ1) is 12.7. The predicted molar refractivity (Wildman–Crippen MR) is 72.6 cm³/mol. The van der Waals surface area contributed by atoms with Crippen LogP contribution < -0.4 is 11.1 Å². The molecule has 1 heterocycles. The number of para-hydroxylation sites is 1. The predicted octanol–water partition coefficient (Wildman–Crippen LogP) is 2.64. The SMILES string of the molecule is CCCC(COC)Nc1nc2c(N)cccc2o1. The highest BCUT2D eigenvalue weighted by atomic mass is 16.5. The van der Waals surface area contributed by atoms with Crippen molar-refractivity contribution < 1.29 is 9.15 Å². The number of hydrogen-bond donors (Lipinski definition) is 2. The van der Waals surface area contributed by atoms with Crippen LogP contribution in [0.25, 0.3) is 11.1 Å². The van der Waals surface area contributed by atoms with Gasteiger partial charge in [-0.15, -0.1) is 0 Å². The molecule has 1 aromatic carbocycles. The molecule has 0 aliphatic heterocycles. The van der Waals surface area contributed by atoms with Crippen LogP contribution in [0, 0.1) is 0 Å². The molecule has 2 rings (SSSR count). The van der Waals surface area contributed by atoms with Gasteiger partial charge < -0.3 is 20.2 Å². The van der Waals surface area contributed by atoms with Gasteiger partial charge in [0.05, 0.1) is 18.3 Å². The summed E-state index contributed by atoms with van der Waals surface area (Å²) in [4.78, 5) is 4.36. The number of ether oxygens (including phenoxy) is 1. The molecule has 5 heteroatoms. The van der Waals surface area contributed by atoms with E-state index in [-0.39, 0.29) is 6.04 Å². The fraction of sp³-hybridized carbons (Fsp3) is 0.462. The van der Waals surface area contributed by atoms with Crippen molar-refractivity contribution in [1.82, 2.24) is 4.98 Å². The van der Waals surface area contributed by atoms with E-state index >= 15 is 0 Å². The number of fused-ring (bicyclic) bond motifs is 1. The molecule has 0 bridgehead atoms. The first-order chi connectivity index (χ1) is 8.74. The van der Waals surface area contributed by atoms with Crippen LogP contribution in [0.1, 0.15) is 19.8 Å². The Morgan fingerprint density at radius 3 is 3.00 bits per heavy atom. The van der Waals surface area contributed by atoms with E-state index in [1.165, 1.54) is 0 Å². The summed E-state index contributed by atoms with van der Waals surface area (Å²) >= 11 is 0. The van der Waals surface area contributed by atoms with Gasteiger partial charge in [0.25, 0.3) is 6.01 Å². The Morgan fingerprint density at radius 2 is 2.33 bits per heavy atom. The molecule has 5 nitrogen and oxygen atoms in total. The van der Waals surface area contributed by atoms with Crippen molar-refractivity contribution in [2.45, 2.75) is 25.8 Å². The van der Waals surface area contributed by atoms with Crippen LogP contribution >= 0.6 is 0 Å². The standard InChI is InChI=1S/C13H19N3O2/c1-3-5-9(8-17-2)15-13-16-12-10(14)6-4-7-11(12)18-13/h4,6-7,9H,3,5,8,14H2,1-2H3,(H,15,16). The molecule has 0 spiro atoms. The van der Waals surface area contributed by atoms with Crippen molar-refractivity contribution in [3.8, 4) is 0 Å². The second-order valence-corrected chi connectivity index (χ2v) is 4.30. The molecule has 0 aliphatic carbocycles. The average molecular weight is 249 g/mol. The van der Waals surface area contributed by atoms with Crippen molar-refractivity contribution in [2.75, 3.05) is 24.8 Å². The summed E-state index contributed by atoms with van der Waals surface area (Å²) in [6.07, 6.45) is 2.07. The van der Waals surface area contributed by atoms with Crippen molar-refractivity contribution >= 4 is 22.8 Å². The Kier molecular flexibility index (Phi) is 4.04. The van der Waals surface area contributed by atoms with E-state index < -0.39 is 0 Å². The molecule has 0 saturated carbocycles. The molecule has 0 amide bonds. The van der Waals surface area contributed by atoms with Gasteiger partial charge in [0, 0.05) is 7.11 Å². The summed E-state index contributed by atoms with van der Waals surface area (Å²) in [5.74, 6) is 0. The molecule has 0 saturated heterocycles. The van der Waals surface area contributed by atoms with Gasteiger partial charge in [-0.1, -0.05) is 19.4 Å². The highest BCUT2D eigenvalue weighted by Crippen LogP contribution is 2.24. The number of aromatic nitrogens is 1. The quantitative estimate of drug-likeness (QED) is 0.770. The smallest absolute Gasteiger partial charge is 0.296 e. The fourth-order valence-electron chi connectivity index (χ4n) is 1.95. The molecular weight excluding hydrogens is 230 g/mol. The third kappa shape index (κ3) is 2.73. The van der Waals surface area contributed by atoms with Gasteiger partial charge in [0.1, 0.15) is 5.52 Å². The number of nitrogens with zero attached hydrogens (tertiary/aromatic N) is 1. The number of benzene rings is 1. The van der Waals surface area contributed by atoms with Crippen molar-refractivity contribution in [3.05, 3.63) is 18.2 Å². The van der Waals surface area contributed by atoms with Crippen LogP contribution in [0.3, 0.4) is 0 Å². The molecule has 1 unspecified atom stereocenters. The van der Waals surface area contributed by atoms with Gasteiger partial charge >= 0.3 is 0 Å². The number of oxazole rings is 1. The molecular formula is C13H19N3O2. The Morgan fingerprint density at radius 1 is 1.50 bits per heavy atom. The molecule has 2 aromatic rings. The number of methoxy groups -OCH3 is 1. The minimum atomic E-state index is 0.203. The zero-order valence-electron chi connectivity index (χ0n) is 10.8. The van der Waals surface area contributed by atoms with Crippen LogP contribution in [-0.4, -0.2) is 24.7 Å². The van der Waals surface area contributed by atoms with E-state index in [9.17, 15) is 0 Å². The molecule has 0 radical (unpaired) electrons. The molecule has 3 N–H and O–H groups in total. The van der Waals surface area contributed by atoms with E-state index in [1.807, 2.05) is 18.2 Å². The first-order valence-electron chi connectivity index (χ1n) is 6.15. The molecule has 18 heavy (non-hydrogen) atoms. The zero-order chi connectivity index (χ0) is 13.0. The summed E-state index contributed by atoms with van der Waals surface area (Å²) in [6, 6.07) is 6.22. The topological polar surface area (TPSA) is 73.3 Å². The lowest BCUT2D eigenvalue weighted by molar-refractivity contribution is 0.181. The van der Waals surface area contributed by atoms with Gasteiger partial charge in [0.2, 0.25) is 0 Å². The Bertz CT molecular complexity index is 504. The largest absolute Gasteiger partial charge is 0.423 e. The molecule has 0 aliphatic rings. The summed E-state index contributed by atoms with van der Waals surface area (Å²) in [6.45, 7) is 2.76. The van der Waals surface area contributed by atoms with Crippen LogP contribution in [0.4, 0.5) is 11.7 Å². The molecule has 0 fully saturated rings. The van der Waals surface area contributed by atoms with Crippen LogP contribution in [0.2, 0.25) is 0 Å². The molecule has 1 atom stereocenters. The number of nitrogens with one attached hydrogen (secondary N) is 1. The Hall–Kier alpha value is -1.75. The third-order valence-corrected chi connectivity index (χ3v) is 2.78. The average Bonchev–Trinajstić information content (AvgIpc) is 2.74. The maximum atomic E-state index is 5.84. The highest BCUT2D eigenvalue weighted by Gasteiger charge is 2.12. The summed E-state index contributed by atoms with van der Waals surface area (Å²) in [7, 11) is 1.69. The lowest BCUT2D eigenvalue weighted by atomic mass is 10.2. The van der Waals surface area contributed by atoms with E-state index in [0.717, 1.165) is 12.8 Å². The Labute approximate surface area is 106 Å². The van der Waals surface area contributed by atoms with Gasteiger partial charge in [-0.05, 0) is 18.6 Å². The van der Waals surface area contributed by atoms with Gasteiger partial charge in [0.15, 0.2) is 5.58 Å². The minimum absolute atomic E-state index is 0.203. The zero-order valence-corrected chi connectivity index (χ0v) is 10.8. The number of hydrogen-bond acceptors (Lipinski definition) is 5. The Balaban J connectivity index is 2.17. The maximum Gasteiger partial charge on any atom is 0.296 e. The molecule has 1 aromatic heterocycles. The van der Waals surface area contributed by atoms with E-state index in [2.05, 4.69) is 17.2 Å². The van der Waals surface area contributed by atoms with Crippen molar-refractivity contribution in [3.63, 3.8) is 0 Å². The maximum absolute atomic E-state index is 5.84. The summed E-state index contributed by atoms with van der Waals surface area (Å²) in [5.41, 5.74) is 7.87. The third-order valence-electron chi connectivity index (χ3n) is 2.78. The van der Waals surface area contributed by atoms with Crippen LogP contribution in [0.5, 0.6) is 0 Å². The normalized spacial score (nSPS) is 12.8. The van der Waals surface area contributed by atoms with Gasteiger partial charge in [-0.2, -0.15) is 4.98 Å². The number of nitrogen functional groups attached to an aromatic ring is 1. The second kappa shape index (κ2) is 5.73. The van der Waals surface area contributed by atoms with E-state index in [0.29, 0.717) is 29.4 Å². The molecule has 98 valence electrons. The highest BCUT2D eigenvalue weighted by molar-refractivity contribution is 5.86. The van der Waals surface area contributed by atoms with Crippen molar-refractivity contribution in [1.29, 1.82) is 0 Å². The van der Waals surface area contributed by atoms with E-state index in [1.54, 1.807) is 7.11 Å².